The standard InChI is InChI=1S/C43H53FN12O5/c1-24(2)56-40-27(16-35(42(56)60)61-23-37(58)45-5)15-28(18-46-40)48-39-33(44)19-47-43(50-39)54-13-11-53(12-14-54)22-32-25(3)20-55(21-26(32)4)29-7-8-30-34(17-29)52(6)51-38(30)31-9-10-36(57)49-41(31)59/h7-8,15-19,24-26,31-32H,9-14,20-23H2,1-6H3,(H,45,58)(H,47,48,50)(H,49,57,59)/t25-,26+,31?,32?. The van der Waals surface area contributed by atoms with Gasteiger partial charge in [0.1, 0.15) is 5.65 Å². The molecule has 1 aromatic carbocycles. The summed E-state index contributed by atoms with van der Waals surface area (Å²) >= 11 is 0. The van der Waals surface area contributed by atoms with Gasteiger partial charge in [0.25, 0.3) is 11.5 Å². The average Bonchev–Trinajstić information content (AvgIpc) is 3.56. The minimum atomic E-state index is -0.615. The number of amides is 3. The lowest BCUT2D eigenvalue weighted by Gasteiger charge is -2.45. The third kappa shape index (κ3) is 8.45. The predicted octanol–water partition coefficient (Wildman–Crippen LogP) is 3.71. The number of piperazine rings is 1. The van der Waals surface area contributed by atoms with Crippen LogP contribution in [0.2, 0.25) is 0 Å². The van der Waals surface area contributed by atoms with Crippen molar-refractivity contribution in [2.75, 3.05) is 74.6 Å². The quantitative estimate of drug-likeness (QED) is 0.164. The summed E-state index contributed by atoms with van der Waals surface area (Å²) in [6.07, 6.45) is 3.48. The van der Waals surface area contributed by atoms with E-state index in [1.54, 1.807) is 6.07 Å². The monoisotopic (exact) mass is 836 g/mol. The maximum absolute atomic E-state index is 15.2. The Morgan fingerprint density at radius 1 is 1.00 bits per heavy atom. The first-order valence-electron chi connectivity index (χ1n) is 21.0. The highest BCUT2D eigenvalue weighted by Gasteiger charge is 2.35. The third-order valence-corrected chi connectivity index (χ3v) is 12.4. The molecule has 3 amide bonds. The lowest BCUT2D eigenvalue weighted by Crippen LogP contribution is -2.52. The van der Waals surface area contributed by atoms with Crippen LogP contribution in [0, 0.1) is 23.6 Å². The molecule has 8 rings (SSSR count). The Balaban J connectivity index is 0.891. The van der Waals surface area contributed by atoms with Crippen molar-refractivity contribution in [3.05, 3.63) is 64.6 Å². The molecule has 4 aromatic heterocycles. The molecule has 322 valence electrons. The van der Waals surface area contributed by atoms with Crippen LogP contribution >= 0.6 is 0 Å². The largest absolute Gasteiger partial charge is 0.478 e. The molecule has 3 fully saturated rings. The molecule has 3 aliphatic heterocycles. The van der Waals surface area contributed by atoms with Crippen molar-refractivity contribution in [1.82, 2.24) is 44.8 Å². The van der Waals surface area contributed by atoms with E-state index in [0.29, 0.717) is 66.4 Å². The number of hydrogen-bond acceptors (Lipinski definition) is 13. The summed E-state index contributed by atoms with van der Waals surface area (Å²) < 4.78 is 24.1. The first-order valence-corrected chi connectivity index (χ1v) is 21.0. The molecule has 3 saturated heterocycles. The summed E-state index contributed by atoms with van der Waals surface area (Å²) in [7, 11) is 3.39. The highest BCUT2D eigenvalue weighted by molar-refractivity contribution is 6.02. The number of rotatable bonds is 11. The van der Waals surface area contributed by atoms with Gasteiger partial charge in [0, 0.05) is 88.8 Å². The minimum absolute atomic E-state index is 0.00792. The van der Waals surface area contributed by atoms with Crippen molar-refractivity contribution in [3.8, 4) is 5.75 Å². The van der Waals surface area contributed by atoms with Crippen LogP contribution in [-0.2, 0) is 21.4 Å². The van der Waals surface area contributed by atoms with E-state index in [2.05, 4.69) is 77.6 Å². The third-order valence-electron chi connectivity index (χ3n) is 12.4. The van der Waals surface area contributed by atoms with E-state index >= 15 is 4.39 Å². The fourth-order valence-corrected chi connectivity index (χ4v) is 9.08. The zero-order valence-corrected chi connectivity index (χ0v) is 35.4. The molecule has 61 heavy (non-hydrogen) atoms. The van der Waals surface area contributed by atoms with Gasteiger partial charge >= 0.3 is 0 Å². The van der Waals surface area contributed by atoms with Gasteiger partial charge in [0.2, 0.25) is 17.8 Å². The Labute approximate surface area is 352 Å². The Morgan fingerprint density at radius 3 is 2.46 bits per heavy atom. The average molecular weight is 837 g/mol. The van der Waals surface area contributed by atoms with Crippen LogP contribution in [0.1, 0.15) is 58.2 Å². The topological polar surface area (TPSA) is 185 Å². The Morgan fingerprint density at radius 2 is 1.75 bits per heavy atom. The molecule has 5 aromatic rings. The number of aryl methyl sites for hydroxylation is 1. The number of anilines is 4. The lowest BCUT2D eigenvalue weighted by atomic mass is 9.78. The van der Waals surface area contributed by atoms with E-state index in [0.717, 1.165) is 55.0 Å². The molecule has 3 aliphatic rings. The molecule has 0 spiro atoms. The number of halogens is 1. The summed E-state index contributed by atoms with van der Waals surface area (Å²) in [5, 5.41) is 14.2. The molecular weight excluding hydrogens is 784 g/mol. The number of carbonyl (C=O) groups excluding carboxylic acids is 3. The first-order chi connectivity index (χ1) is 29.3. The van der Waals surface area contributed by atoms with E-state index in [9.17, 15) is 19.2 Å². The predicted molar refractivity (Wildman–Crippen MR) is 230 cm³/mol. The van der Waals surface area contributed by atoms with E-state index in [-0.39, 0.29) is 41.9 Å². The van der Waals surface area contributed by atoms with Crippen LogP contribution in [0.15, 0.2) is 47.5 Å². The number of aromatic nitrogens is 6. The maximum atomic E-state index is 15.2. The second-order valence-corrected chi connectivity index (χ2v) is 16.9. The van der Waals surface area contributed by atoms with Crippen LogP contribution < -0.4 is 36.0 Å². The molecule has 4 atom stereocenters. The van der Waals surface area contributed by atoms with Gasteiger partial charge in [-0.3, -0.25) is 38.6 Å². The fourth-order valence-electron chi connectivity index (χ4n) is 9.08. The van der Waals surface area contributed by atoms with E-state index in [1.807, 2.05) is 25.6 Å². The van der Waals surface area contributed by atoms with Crippen molar-refractivity contribution >= 4 is 62.8 Å². The van der Waals surface area contributed by atoms with Crippen LogP contribution in [0.5, 0.6) is 5.75 Å². The van der Waals surface area contributed by atoms with Gasteiger partial charge in [-0.05, 0) is 68.4 Å². The number of nitrogens with zero attached hydrogens (tertiary/aromatic N) is 9. The highest BCUT2D eigenvalue weighted by atomic mass is 19.1. The molecular formula is C43H53FN12O5. The zero-order chi connectivity index (χ0) is 43.1. The van der Waals surface area contributed by atoms with Crippen molar-refractivity contribution in [2.45, 2.75) is 52.5 Å². The van der Waals surface area contributed by atoms with Crippen LogP contribution in [0.3, 0.4) is 0 Å². The molecule has 0 aliphatic carbocycles. The highest BCUT2D eigenvalue weighted by Crippen LogP contribution is 2.36. The molecule has 0 bridgehead atoms. The number of carbonyl (C=O) groups is 3. The smallest absolute Gasteiger partial charge is 0.294 e. The molecule has 18 heteroatoms. The van der Waals surface area contributed by atoms with Crippen molar-refractivity contribution in [2.24, 2.45) is 24.8 Å². The summed E-state index contributed by atoms with van der Waals surface area (Å²) in [5.41, 5.74) is 3.31. The van der Waals surface area contributed by atoms with Gasteiger partial charge in [-0.2, -0.15) is 10.1 Å². The number of benzene rings is 1. The molecule has 17 nitrogen and oxygen atoms in total. The minimum Gasteiger partial charge on any atom is -0.478 e. The molecule has 7 heterocycles. The van der Waals surface area contributed by atoms with Gasteiger partial charge in [0.05, 0.1) is 35.2 Å². The van der Waals surface area contributed by atoms with Gasteiger partial charge in [-0.25, -0.2) is 14.4 Å². The Hall–Kier alpha value is -6.17. The lowest BCUT2D eigenvalue weighted by molar-refractivity contribution is -0.134. The first kappa shape index (κ1) is 41.6. The number of piperidine rings is 2. The second kappa shape index (κ2) is 17.1. The van der Waals surface area contributed by atoms with Crippen molar-refractivity contribution in [3.63, 3.8) is 0 Å². The Bertz CT molecular complexity index is 2540. The van der Waals surface area contributed by atoms with Crippen molar-refractivity contribution in [1.29, 1.82) is 0 Å². The molecule has 0 saturated carbocycles. The van der Waals surface area contributed by atoms with E-state index in [4.69, 9.17) is 9.84 Å². The van der Waals surface area contributed by atoms with Crippen molar-refractivity contribution < 1.29 is 23.5 Å². The molecule has 2 unspecified atom stereocenters. The fraction of sp³-hybridized carbons (Fsp3) is 0.488. The number of likely N-dealkylation sites (N-methyl/N-ethyl adjacent to an activating group) is 1. The molecule has 0 radical (unpaired) electrons. The van der Waals surface area contributed by atoms with Gasteiger partial charge < -0.3 is 25.2 Å². The van der Waals surface area contributed by atoms with Gasteiger partial charge in [-0.15, -0.1) is 0 Å². The number of pyridine rings is 2. The van der Waals surface area contributed by atoms with Gasteiger partial charge in [-0.1, -0.05) is 13.8 Å². The maximum Gasteiger partial charge on any atom is 0.294 e. The number of hydrogen-bond donors (Lipinski definition) is 3. The Kier molecular flexibility index (Phi) is 11.6. The number of imide groups is 1. The zero-order valence-electron chi connectivity index (χ0n) is 35.4. The normalized spacial score (nSPS) is 21.3. The van der Waals surface area contributed by atoms with Crippen LogP contribution in [-0.4, -0.2) is 111 Å². The van der Waals surface area contributed by atoms with Crippen LogP contribution in [0.25, 0.3) is 21.9 Å². The van der Waals surface area contributed by atoms with Crippen LogP contribution in [0.4, 0.5) is 27.5 Å². The number of ether oxygens (including phenoxy) is 1. The van der Waals surface area contributed by atoms with Gasteiger partial charge in [0.15, 0.2) is 24.0 Å². The SMILES string of the molecule is CNC(=O)COc1cc2cc(Nc3nc(N4CCN(CC5[C@H](C)CN(c6ccc7c(C8CCC(=O)NC8=O)nn(C)c7c6)C[C@@H]5C)CC4)ncc3F)cnc2n(C(C)C)c1=O. The van der Waals surface area contributed by atoms with E-state index in [1.165, 1.54) is 30.1 Å². The summed E-state index contributed by atoms with van der Waals surface area (Å²) in [6, 6.07) is 9.40. The molecule has 3 N–H and O–H groups in total. The number of fused-ring (bicyclic) bond motifs is 2. The summed E-state index contributed by atoms with van der Waals surface area (Å²) in [4.78, 5) is 69.9. The van der Waals surface area contributed by atoms with E-state index < -0.39 is 17.3 Å². The summed E-state index contributed by atoms with van der Waals surface area (Å²) in [6.45, 7) is 13.9. The second-order valence-electron chi connectivity index (χ2n) is 16.9. The summed E-state index contributed by atoms with van der Waals surface area (Å²) in [5.74, 6) is -0.0847. The number of nitrogens with one attached hydrogen (secondary N) is 3.